The van der Waals surface area contributed by atoms with Gasteiger partial charge >= 0.3 is 0 Å². The molecule has 0 aliphatic carbocycles. The SMILES string of the molecule is Cc1csc(N(C)C(=O)COCCc2ccccc2)n1. The molecule has 1 heterocycles. The first-order valence-corrected chi connectivity index (χ1v) is 7.35. The highest BCUT2D eigenvalue weighted by molar-refractivity contribution is 7.14. The van der Waals surface area contributed by atoms with E-state index in [2.05, 4.69) is 17.1 Å². The van der Waals surface area contributed by atoms with Gasteiger partial charge in [-0.2, -0.15) is 0 Å². The van der Waals surface area contributed by atoms with Crippen molar-refractivity contribution in [3.8, 4) is 0 Å². The van der Waals surface area contributed by atoms with E-state index in [-0.39, 0.29) is 12.5 Å². The zero-order valence-corrected chi connectivity index (χ0v) is 12.5. The smallest absolute Gasteiger partial charge is 0.254 e. The van der Waals surface area contributed by atoms with Crippen molar-refractivity contribution in [3.05, 3.63) is 47.0 Å². The van der Waals surface area contributed by atoms with Crippen molar-refractivity contribution >= 4 is 22.4 Å². The van der Waals surface area contributed by atoms with Crippen molar-refractivity contribution in [2.45, 2.75) is 13.3 Å². The van der Waals surface area contributed by atoms with Crippen LogP contribution in [0, 0.1) is 6.92 Å². The van der Waals surface area contributed by atoms with E-state index in [4.69, 9.17) is 4.74 Å². The van der Waals surface area contributed by atoms with Gasteiger partial charge in [0.05, 0.1) is 12.3 Å². The van der Waals surface area contributed by atoms with Crippen molar-refractivity contribution < 1.29 is 9.53 Å². The highest BCUT2D eigenvalue weighted by atomic mass is 32.1. The van der Waals surface area contributed by atoms with Gasteiger partial charge in [-0.25, -0.2) is 4.98 Å². The van der Waals surface area contributed by atoms with Crippen molar-refractivity contribution in [2.24, 2.45) is 0 Å². The summed E-state index contributed by atoms with van der Waals surface area (Å²) >= 11 is 1.46. The number of aryl methyl sites for hydroxylation is 1. The normalized spacial score (nSPS) is 10.5. The fourth-order valence-corrected chi connectivity index (χ4v) is 2.48. The molecule has 106 valence electrons. The summed E-state index contributed by atoms with van der Waals surface area (Å²) in [7, 11) is 1.72. The molecule has 0 saturated heterocycles. The van der Waals surface area contributed by atoms with Gasteiger partial charge in [0.25, 0.3) is 5.91 Å². The molecule has 0 bridgehead atoms. The van der Waals surface area contributed by atoms with Crippen LogP contribution in [0.3, 0.4) is 0 Å². The monoisotopic (exact) mass is 290 g/mol. The van der Waals surface area contributed by atoms with Crippen LogP contribution in [-0.2, 0) is 16.0 Å². The van der Waals surface area contributed by atoms with Crippen molar-refractivity contribution in [2.75, 3.05) is 25.2 Å². The predicted octanol–water partition coefficient (Wildman–Crippen LogP) is 2.67. The van der Waals surface area contributed by atoms with Gasteiger partial charge in [0, 0.05) is 12.4 Å². The number of benzene rings is 1. The Labute approximate surface area is 123 Å². The van der Waals surface area contributed by atoms with Crippen LogP contribution in [0.25, 0.3) is 0 Å². The summed E-state index contributed by atoms with van der Waals surface area (Å²) in [5.74, 6) is -0.0765. The third kappa shape index (κ3) is 4.15. The Morgan fingerprint density at radius 3 is 2.75 bits per heavy atom. The number of rotatable bonds is 6. The van der Waals surface area contributed by atoms with E-state index in [0.29, 0.717) is 11.7 Å². The number of amides is 1. The zero-order chi connectivity index (χ0) is 14.4. The zero-order valence-electron chi connectivity index (χ0n) is 11.7. The summed E-state index contributed by atoms with van der Waals surface area (Å²) in [6.07, 6.45) is 0.814. The van der Waals surface area contributed by atoms with E-state index in [1.54, 1.807) is 11.9 Å². The molecule has 2 rings (SSSR count). The molecule has 1 aromatic heterocycles. The van der Waals surface area contributed by atoms with Crippen LogP contribution in [0.5, 0.6) is 0 Å². The third-order valence-corrected chi connectivity index (χ3v) is 3.91. The second-order valence-corrected chi connectivity index (χ2v) is 5.35. The molecule has 0 atom stereocenters. The molecule has 0 unspecified atom stereocenters. The largest absolute Gasteiger partial charge is 0.371 e. The minimum absolute atomic E-state index is 0.0765. The quantitative estimate of drug-likeness (QED) is 0.768. The van der Waals surface area contributed by atoms with Crippen LogP contribution in [0.1, 0.15) is 11.3 Å². The van der Waals surface area contributed by atoms with E-state index in [1.165, 1.54) is 16.9 Å². The van der Waals surface area contributed by atoms with Gasteiger partial charge in [-0.15, -0.1) is 11.3 Å². The maximum atomic E-state index is 11.9. The van der Waals surface area contributed by atoms with Crippen LogP contribution < -0.4 is 4.90 Å². The maximum absolute atomic E-state index is 11.9. The number of hydrogen-bond acceptors (Lipinski definition) is 4. The Hall–Kier alpha value is -1.72. The molecule has 0 fully saturated rings. The minimum atomic E-state index is -0.0765. The molecule has 1 amide bonds. The number of likely N-dealkylation sites (N-methyl/N-ethyl adjacent to an activating group) is 1. The average molecular weight is 290 g/mol. The number of anilines is 1. The Morgan fingerprint density at radius 2 is 2.10 bits per heavy atom. The average Bonchev–Trinajstić information content (AvgIpc) is 2.90. The summed E-state index contributed by atoms with van der Waals surface area (Å²) in [4.78, 5) is 17.7. The van der Waals surface area contributed by atoms with Crippen LogP contribution >= 0.6 is 11.3 Å². The Kier molecular flexibility index (Phi) is 5.26. The van der Waals surface area contributed by atoms with Crippen LogP contribution in [0.2, 0.25) is 0 Å². The summed E-state index contributed by atoms with van der Waals surface area (Å²) in [5, 5.41) is 2.63. The second-order valence-electron chi connectivity index (χ2n) is 4.51. The van der Waals surface area contributed by atoms with Gasteiger partial charge in [-0.3, -0.25) is 9.69 Å². The molecule has 0 spiro atoms. The molecular weight excluding hydrogens is 272 g/mol. The van der Waals surface area contributed by atoms with Gasteiger partial charge in [-0.1, -0.05) is 30.3 Å². The van der Waals surface area contributed by atoms with Crippen molar-refractivity contribution in [1.29, 1.82) is 0 Å². The first kappa shape index (κ1) is 14.7. The highest BCUT2D eigenvalue weighted by Crippen LogP contribution is 2.18. The van der Waals surface area contributed by atoms with E-state index in [9.17, 15) is 4.79 Å². The van der Waals surface area contributed by atoms with E-state index >= 15 is 0 Å². The van der Waals surface area contributed by atoms with E-state index in [0.717, 1.165) is 12.1 Å². The molecule has 20 heavy (non-hydrogen) atoms. The molecule has 0 aliphatic heterocycles. The molecule has 5 heteroatoms. The Bertz CT molecular complexity index is 554. The molecule has 0 aliphatic rings. The maximum Gasteiger partial charge on any atom is 0.254 e. The lowest BCUT2D eigenvalue weighted by Gasteiger charge is -2.13. The second kappa shape index (κ2) is 7.17. The van der Waals surface area contributed by atoms with Crippen LogP contribution in [-0.4, -0.2) is 31.2 Å². The first-order chi connectivity index (χ1) is 9.66. The molecule has 4 nitrogen and oxygen atoms in total. The molecule has 0 saturated carbocycles. The predicted molar refractivity (Wildman–Crippen MR) is 81.2 cm³/mol. The number of aromatic nitrogens is 1. The fourth-order valence-electron chi connectivity index (χ4n) is 1.69. The number of hydrogen-bond donors (Lipinski definition) is 0. The molecule has 1 aromatic carbocycles. The Balaban J connectivity index is 1.72. The molecule has 0 radical (unpaired) electrons. The summed E-state index contributed by atoms with van der Waals surface area (Å²) in [5.41, 5.74) is 2.14. The molecule has 2 aromatic rings. The molecular formula is C15H18N2O2S. The standard InChI is InChI=1S/C15H18N2O2S/c1-12-11-20-15(16-12)17(2)14(18)10-19-9-8-13-6-4-3-5-7-13/h3-7,11H,8-10H2,1-2H3. The topological polar surface area (TPSA) is 42.4 Å². The lowest BCUT2D eigenvalue weighted by molar-refractivity contribution is -0.122. The van der Waals surface area contributed by atoms with Crippen LogP contribution in [0.15, 0.2) is 35.7 Å². The van der Waals surface area contributed by atoms with Gasteiger partial charge < -0.3 is 4.74 Å². The van der Waals surface area contributed by atoms with Gasteiger partial charge in [0.2, 0.25) is 0 Å². The lowest BCUT2D eigenvalue weighted by atomic mass is 10.2. The van der Waals surface area contributed by atoms with Gasteiger partial charge in [0.15, 0.2) is 5.13 Å². The summed E-state index contributed by atoms with van der Waals surface area (Å²) < 4.78 is 5.43. The van der Waals surface area contributed by atoms with Gasteiger partial charge in [-0.05, 0) is 18.9 Å². The molecule has 0 N–H and O–H groups in total. The highest BCUT2D eigenvalue weighted by Gasteiger charge is 2.13. The van der Waals surface area contributed by atoms with E-state index in [1.807, 2.05) is 30.5 Å². The van der Waals surface area contributed by atoms with E-state index < -0.39 is 0 Å². The third-order valence-electron chi connectivity index (χ3n) is 2.87. The van der Waals surface area contributed by atoms with Gasteiger partial charge in [0.1, 0.15) is 6.61 Å². The number of carbonyl (C=O) groups is 1. The fraction of sp³-hybridized carbons (Fsp3) is 0.333. The van der Waals surface area contributed by atoms with Crippen LogP contribution in [0.4, 0.5) is 5.13 Å². The summed E-state index contributed by atoms with van der Waals surface area (Å²) in [6.45, 7) is 2.54. The Morgan fingerprint density at radius 1 is 1.35 bits per heavy atom. The lowest BCUT2D eigenvalue weighted by Crippen LogP contribution is -2.30. The van der Waals surface area contributed by atoms with Crippen molar-refractivity contribution in [3.63, 3.8) is 0 Å². The minimum Gasteiger partial charge on any atom is -0.371 e. The van der Waals surface area contributed by atoms with Crippen molar-refractivity contribution in [1.82, 2.24) is 4.98 Å². The first-order valence-electron chi connectivity index (χ1n) is 6.47. The number of nitrogens with zero attached hydrogens (tertiary/aromatic N) is 2. The number of thiazole rings is 1. The summed E-state index contributed by atoms with van der Waals surface area (Å²) in [6, 6.07) is 10.1. The number of ether oxygens (including phenoxy) is 1. The number of carbonyl (C=O) groups excluding carboxylic acids is 1.